The summed E-state index contributed by atoms with van der Waals surface area (Å²) in [4.78, 5) is 12.8. The molecule has 7 nitrogen and oxygen atoms in total. The van der Waals surface area contributed by atoms with Crippen LogP contribution in [-0.2, 0) is 38.8 Å². The van der Waals surface area contributed by atoms with Crippen LogP contribution >= 0.6 is 0 Å². The van der Waals surface area contributed by atoms with Gasteiger partial charge in [-0.1, -0.05) is 91.0 Å². The van der Waals surface area contributed by atoms with Crippen molar-refractivity contribution in [1.29, 1.82) is 0 Å². The summed E-state index contributed by atoms with van der Waals surface area (Å²) < 4.78 is 37.3. The van der Waals surface area contributed by atoms with E-state index in [9.17, 15) is 4.79 Å². The van der Waals surface area contributed by atoms with Crippen LogP contribution in [0.1, 0.15) is 28.0 Å². The Morgan fingerprint density at radius 1 is 0.756 bits per heavy atom. The van der Waals surface area contributed by atoms with E-state index in [-0.39, 0.29) is 6.61 Å². The summed E-state index contributed by atoms with van der Waals surface area (Å²) in [5.74, 6) is 0.881. The van der Waals surface area contributed by atoms with E-state index in [1.165, 1.54) is 0 Å². The van der Waals surface area contributed by atoms with Gasteiger partial charge in [-0.25, -0.2) is 4.79 Å². The van der Waals surface area contributed by atoms with Crippen molar-refractivity contribution < 1.29 is 28.1 Å². The van der Waals surface area contributed by atoms with E-state index in [0.717, 1.165) is 16.7 Å². The Kier molecular flexibility index (Phi) is 8.39. The third kappa shape index (κ3) is 6.50. The van der Waals surface area contributed by atoms with Crippen molar-refractivity contribution in [2.45, 2.75) is 51.3 Å². The first-order valence-corrected chi connectivity index (χ1v) is 13.7. The Bertz CT molecular complexity index is 1520. The highest BCUT2D eigenvalue weighted by Gasteiger charge is 2.47. The van der Waals surface area contributed by atoms with Crippen molar-refractivity contribution in [3.63, 3.8) is 0 Å². The van der Waals surface area contributed by atoms with Crippen LogP contribution in [0, 0.1) is 6.92 Å². The maximum Gasteiger partial charge on any atom is 0.347 e. The molecular formula is C34H32O7. The van der Waals surface area contributed by atoms with Gasteiger partial charge >= 0.3 is 5.63 Å². The lowest BCUT2D eigenvalue weighted by atomic mass is 9.92. The van der Waals surface area contributed by atoms with E-state index < -0.39 is 30.2 Å². The van der Waals surface area contributed by atoms with Crippen LogP contribution in [0.15, 0.2) is 112 Å². The molecule has 0 saturated carbocycles. The first-order chi connectivity index (χ1) is 20.1. The minimum Gasteiger partial charge on any atom is -0.460 e. The van der Waals surface area contributed by atoms with Gasteiger partial charge in [0, 0.05) is 11.6 Å². The fourth-order valence-corrected chi connectivity index (χ4v) is 5.10. The minimum absolute atomic E-state index is 0.259. The van der Waals surface area contributed by atoms with E-state index in [4.69, 9.17) is 28.1 Å². The van der Waals surface area contributed by atoms with Gasteiger partial charge < -0.3 is 28.1 Å². The second kappa shape index (κ2) is 12.7. The summed E-state index contributed by atoms with van der Waals surface area (Å²) in [6, 6.07) is 31.6. The maximum atomic E-state index is 12.8. The highest BCUT2D eigenvalue weighted by Crippen LogP contribution is 2.38. The number of fused-ring (bicyclic) bond motifs is 2. The van der Waals surface area contributed by atoms with Gasteiger partial charge in [-0.3, -0.25) is 0 Å². The normalized spacial score (nSPS) is 21.3. The first kappa shape index (κ1) is 27.2. The molecule has 0 aliphatic carbocycles. The lowest BCUT2D eigenvalue weighted by Gasteiger charge is -2.44. The molecule has 0 amide bonds. The number of aryl methyl sites for hydroxylation is 1. The fraction of sp³-hybridized carbons (Fsp3) is 0.265. The second-order valence-corrected chi connectivity index (χ2v) is 10.2. The van der Waals surface area contributed by atoms with Crippen molar-refractivity contribution in [2.75, 3.05) is 6.61 Å². The molecule has 2 aliphatic heterocycles. The Balaban J connectivity index is 1.32. The Labute approximate surface area is 238 Å². The molecule has 0 bridgehead atoms. The van der Waals surface area contributed by atoms with Gasteiger partial charge in [0.15, 0.2) is 0 Å². The molecule has 2 aliphatic rings. The van der Waals surface area contributed by atoms with Crippen LogP contribution in [0.25, 0.3) is 6.08 Å². The van der Waals surface area contributed by atoms with Gasteiger partial charge in [0.05, 0.1) is 26.4 Å². The topological polar surface area (TPSA) is 76.4 Å². The number of benzene rings is 3. The van der Waals surface area contributed by atoms with Gasteiger partial charge in [0.2, 0.25) is 6.29 Å². The quantitative estimate of drug-likeness (QED) is 0.245. The molecule has 6 rings (SSSR count). The van der Waals surface area contributed by atoms with Crippen molar-refractivity contribution in [1.82, 2.24) is 0 Å². The lowest BCUT2D eigenvalue weighted by Crippen LogP contribution is -2.56. The molecule has 1 saturated heterocycles. The van der Waals surface area contributed by atoms with Gasteiger partial charge in [-0.15, -0.1) is 0 Å². The number of hydrogen-bond acceptors (Lipinski definition) is 7. The minimum atomic E-state index is -0.772. The van der Waals surface area contributed by atoms with Crippen molar-refractivity contribution in [3.05, 3.63) is 141 Å². The van der Waals surface area contributed by atoms with Crippen LogP contribution in [0.3, 0.4) is 0 Å². The largest absolute Gasteiger partial charge is 0.460 e. The summed E-state index contributed by atoms with van der Waals surface area (Å²) in [7, 11) is 0. The zero-order valence-electron chi connectivity index (χ0n) is 22.8. The van der Waals surface area contributed by atoms with E-state index in [0.29, 0.717) is 42.5 Å². The highest BCUT2D eigenvalue weighted by atomic mass is 16.7. The number of hydrogen-bond donors (Lipinski definition) is 0. The smallest absolute Gasteiger partial charge is 0.347 e. The van der Waals surface area contributed by atoms with Crippen LogP contribution < -0.4 is 10.4 Å². The molecule has 3 aromatic carbocycles. The van der Waals surface area contributed by atoms with Crippen molar-refractivity contribution >= 4 is 6.08 Å². The fourth-order valence-electron chi connectivity index (χ4n) is 5.10. The standard InChI is InChI=1S/C34H32O7/c1-23-17-29-27(33(35)39-23)18-28-31(37-20-25-13-7-3-8-14-25)32(38-21-26-15-9-4-10-16-26)30(41-34(28)40-29)22-36-19-24-11-5-2-6-12-24/h2-18,30-32,34H,19-22H2,1H3/t30-,31-,32-,34-/m1/s1. The molecule has 4 aromatic rings. The zero-order chi connectivity index (χ0) is 28.0. The van der Waals surface area contributed by atoms with Crippen LogP contribution in [0.5, 0.6) is 5.75 Å². The number of ether oxygens (including phenoxy) is 5. The predicted octanol–water partition coefficient (Wildman–Crippen LogP) is 5.84. The van der Waals surface area contributed by atoms with E-state index >= 15 is 0 Å². The van der Waals surface area contributed by atoms with Crippen molar-refractivity contribution in [2.24, 2.45) is 0 Å². The monoisotopic (exact) mass is 552 g/mol. The summed E-state index contributed by atoms with van der Waals surface area (Å²) in [5, 5.41) is 0. The van der Waals surface area contributed by atoms with E-state index in [2.05, 4.69) is 0 Å². The molecule has 7 heteroatoms. The molecule has 0 unspecified atom stereocenters. The predicted molar refractivity (Wildman–Crippen MR) is 153 cm³/mol. The van der Waals surface area contributed by atoms with Gasteiger partial charge in [-0.05, 0) is 29.7 Å². The van der Waals surface area contributed by atoms with Gasteiger partial charge in [0.1, 0.15) is 35.4 Å². The molecular weight excluding hydrogens is 520 g/mol. The van der Waals surface area contributed by atoms with Crippen LogP contribution in [0.2, 0.25) is 0 Å². The Morgan fingerprint density at radius 3 is 1.98 bits per heavy atom. The summed E-state index contributed by atoms with van der Waals surface area (Å²) in [6.07, 6.45) is -0.624. The molecule has 0 spiro atoms. The SMILES string of the molecule is Cc1cc2c(c(=O)o1)C=C1[C@H](O2)O[C@H](COCc2ccccc2)[C@@H](OCc2ccccc2)[C@@H]1OCc1ccccc1. The van der Waals surface area contributed by atoms with Gasteiger partial charge in [-0.2, -0.15) is 0 Å². The van der Waals surface area contributed by atoms with E-state index in [1.54, 1.807) is 19.1 Å². The molecule has 1 aromatic heterocycles. The molecule has 0 radical (unpaired) electrons. The first-order valence-electron chi connectivity index (χ1n) is 13.7. The average Bonchev–Trinajstić information content (AvgIpc) is 3.00. The zero-order valence-corrected chi connectivity index (χ0v) is 22.8. The molecule has 41 heavy (non-hydrogen) atoms. The molecule has 3 heterocycles. The lowest BCUT2D eigenvalue weighted by molar-refractivity contribution is -0.229. The summed E-state index contributed by atoms with van der Waals surface area (Å²) in [5.41, 5.74) is 3.63. The number of rotatable bonds is 10. The molecule has 210 valence electrons. The highest BCUT2D eigenvalue weighted by molar-refractivity contribution is 5.63. The van der Waals surface area contributed by atoms with Crippen LogP contribution in [0.4, 0.5) is 0 Å². The summed E-state index contributed by atoms with van der Waals surface area (Å²) >= 11 is 0. The third-order valence-electron chi connectivity index (χ3n) is 7.13. The second-order valence-electron chi connectivity index (χ2n) is 10.2. The summed E-state index contributed by atoms with van der Waals surface area (Å²) in [6.45, 7) is 3.10. The Hall–Kier alpha value is -4.01. The molecule has 0 N–H and O–H groups in total. The van der Waals surface area contributed by atoms with Crippen molar-refractivity contribution in [3.8, 4) is 5.75 Å². The average molecular weight is 553 g/mol. The van der Waals surface area contributed by atoms with E-state index in [1.807, 2.05) is 91.0 Å². The van der Waals surface area contributed by atoms with Gasteiger partial charge in [0.25, 0.3) is 0 Å². The molecule has 1 fully saturated rings. The Morgan fingerprint density at radius 2 is 1.34 bits per heavy atom. The van der Waals surface area contributed by atoms with Crippen LogP contribution in [-0.4, -0.2) is 31.2 Å². The third-order valence-corrected chi connectivity index (χ3v) is 7.13. The molecule has 4 atom stereocenters. The maximum absolute atomic E-state index is 12.8.